The first-order valence-corrected chi connectivity index (χ1v) is 10.7. The Hall–Kier alpha value is -2.12. The highest BCUT2D eigenvalue weighted by Gasteiger charge is 2.24. The third-order valence-corrected chi connectivity index (χ3v) is 7.17. The van der Waals surface area contributed by atoms with Gasteiger partial charge in [0, 0.05) is 17.6 Å². The van der Waals surface area contributed by atoms with E-state index < -0.39 is 0 Å². The standard InChI is InChI=1S/C20H21N3O2S2/c1-11-6-4-7-13(10-11)21-17(24)12(2)26-20-22-18-16(19(25)23(20)3)14-8-5-9-15(14)27-18/h4,6-7,10,12H,5,8-9H2,1-3H3,(H,21,24)/t12-/m1/s1. The van der Waals surface area contributed by atoms with Gasteiger partial charge in [-0.2, -0.15) is 0 Å². The summed E-state index contributed by atoms with van der Waals surface area (Å²) >= 11 is 2.94. The minimum absolute atomic E-state index is 0.00630. The molecule has 0 radical (unpaired) electrons. The summed E-state index contributed by atoms with van der Waals surface area (Å²) in [6.45, 7) is 3.82. The van der Waals surface area contributed by atoms with Gasteiger partial charge in [-0.1, -0.05) is 23.9 Å². The van der Waals surface area contributed by atoms with Crippen molar-refractivity contribution < 1.29 is 4.79 Å². The van der Waals surface area contributed by atoms with Crippen molar-refractivity contribution in [2.75, 3.05) is 5.32 Å². The van der Waals surface area contributed by atoms with Gasteiger partial charge < -0.3 is 5.32 Å². The largest absolute Gasteiger partial charge is 0.325 e. The second-order valence-corrected chi connectivity index (χ2v) is 9.31. The fourth-order valence-corrected chi connectivity index (χ4v) is 5.57. The normalized spacial score (nSPS) is 14.3. The molecule has 0 aliphatic heterocycles. The Labute approximate surface area is 165 Å². The van der Waals surface area contributed by atoms with Crippen LogP contribution in [0.3, 0.4) is 0 Å². The molecule has 0 saturated carbocycles. The second-order valence-electron chi connectivity index (χ2n) is 6.91. The highest BCUT2D eigenvalue weighted by Crippen LogP contribution is 2.35. The molecular formula is C20H21N3O2S2. The topological polar surface area (TPSA) is 64.0 Å². The van der Waals surface area contributed by atoms with E-state index in [0.717, 1.165) is 40.7 Å². The summed E-state index contributed by atoms with van der Waals surface area (Å²) in [5, 5.41) is 3.92. The molecular weight excluding hydrogens is 378 g/mol. The van der Waals surface area contributed by atoms with E-state index in [0.29, 0.717) is 5.16 Å². The molecule has 27 heavy (non-hydrogen) atoms. The monoisotopic (exact) mass is 399 g/mol. The van der Waals surface area contributed by atoms with E-state index in [4.69, 9.17) is 4.98 Å². The van der Waals surface area contributed by atoms with Crippen molar-refractivity contribution in [2.24, 2.45) is 7.05 Å². The van der Waals surface area contributed by atoms with Crippen LogP contribution in [0.2, 0.25) is 0 Å². The van der Waals surface area contributed by atoms with E-state index in [9.17, 15) is 9.59 Å². The Morgan fingerprint density at radius 3 is 2.96 bits per heavy atom. The maximum Gasteiger partial charge on any atom is 0.262 e. The highest BCUT2D eigenvalue weighted by molar-refractivity contribution is 8.00. The number of thiophene rings is 1. The van der Waals surface area contributed by atoms with Crippen LogP contribution in [-0.4, -0.2) is 20.7 Å². The van der Waals surface area contributed by atoms with Crippen molar-refractivity contribution in [3.05, 3.63) is 50.6 Å². The molecule has 4 rings (SSSR count). The number of carbonyl (C=O) groups is 1. The fraction of sp³-hybridized carbons (Fsp3) is 0.350. The van der Waals surface area contributed by atoms with Gasteiger partial charge in [0.15, 0.2) is 5.16 Å². The lowest BCUT2D eigenvalue weighted by Crippen LogP contribution is -2.25. The van der Waals surface area contributed by atoms with E-state index in [1.807, 2.05) is 38.1 Å². The summed E-state index contributed by atoms with van der Waals surface area (Å²) in [7, 11) is 1.74. The molecule has 3 aromatic rings. The van der Waals surface area contributed by atoms with Crippen LogP contribution in [0, 0.1) is 6.92 Å². The lowest BCUT2D eigenvalue weighted by Gasteiger charge is -2.14. The van der Waals surface area contributed by atoms with E-state index in [1.54, 1.807) is 23.0 Å². The number of aryl methyl sites for hydroxylation is 3. The van der Waals surface area contributed by atoms with Gasteiger partial charge in [0.1, 0.15) is 4.83 Å². The summed E-state index contributed by atoms with van der Waals surface area (Å²) in [6.07, 6.45) is 3.12. The summed E-state index contributed by atoms with van der Waals surface area (Å²) < 4.78 is 1.58. The van der Waals surface area contributed by atoms with Crippen LogP contribution in [0.25, 0.3) is 10.2 Å². The van der Waals surface area contributed by atoms with E-state index in [1.165, 1.54) is 22.2 Å². The molecule has 0 saturated heterocycles. The number of carbonyl (C=O) groups excluding carboxylic acids is 1. The third kappa shape index (κ3) is 3.41. The number of thioether (sulfide) groups is 1. The van der Waals surface area contributed by atoms with Crippen LogP contribution in [0.1, 0.15) is 29.3 Å². The number of anilines is 1. The number of hydrogen-bond acceptors (Lipinski definition) is 5. The minimum Gasteiger partial charge on any atom is -0.325 e. The Morgan fingerprint density at radius 1 is 1.37 bits per heavy atom. The van der Waals surface area contributed by atoms with Gasteiger partial charge in [-0.15, -0.1) is 11.3 Å². The average molecular weight is 400 g/mol. The zero-order valence-electron chi connectivity index (χ0n) is 15.5. The van der Waals surface area contributed by atoms with Gasteiger partial charge in [0.25, 0.3) is 5.56 Å². The second kappa shape index (κ2) is 7.13. The molecule has 5 nitrogen and oxygen atoms in total. The van der Waals surface area contributed by atoms with Crippen LogP contribution < -0.4 is 10.9 Å². The quantitative estimate of drug-likeness (QED) is 0.534. The van der Waals surface area contributed by atoms with Crippen molar-refractivity contribution >= 4 is 44.9 Å². The van der Waals surface area contributed by atoms with E-state index >= 15 is 0 Å². The zero-order valence-corrected chi connectivity index (χ0v) is 17.2. The van der Waals surface area contributed by atoms with Crippen LogP contribution in [0.15, 0.2) is 34.2 Å². The van der Waals surface area contributed by atoms with Crippen molar-refractivity contribution in [3.63, 3.8) is 0 Å². The van der Waals surface area contributed by atoms with Crippen molar-refractivity contribution in [1.29, 1.82) is 0 Å². The number of nitrogens with one attached hydrogen (secondary N) is 1. The van der Waals surface area contributed by atoms with Crippen LogP contribution in [0.5, 0.6) is 0 Å². The molecule has 0 bridgehead atoms. The molecule has 1 N–H and O–H groups in total. The highest BCUT2D eigenvalue weighted by atomic mass is 32.2. The molecule has 2 aromatic heterocycles. The SMILES string of the molecule is Cc1cccc(NC(=O)[C@@H](C)Sc2nc3sc4c(c3c(=O)n2C)CCC4)c1. The first-order valence-electron chi connectivity index (χ1n) is 8.99. The number of hydrogen-bond donors (Lipinski definition) is 1. The Kier molecular flexibility index (Phi) is 4.82. The van der Waals surface area contributed by atoms with Gasteiger partial charge in [0.05, 0.1) is 10.6 Å². The van der Waals surface area contributed by atoms with Crippen molar-refractivity contribution in [3.8, 4) is 0 Å². The Balaban J connectivity index is 1.58. The number of aromatic nitrogens is 2. The lowest BCUT2D eigenvalue weighted by molar-refractivity contribution is -0.115. The smallest absolute Gasteiger partial charge is 0.262 e. The maximum absolute atomic E-state index is 12.9. The van der Waals surface area contributed by atoms with E-state index in [2.05, 4.69) is 5.32 Å². The van der Waals surface area contributed by atoms with Gasteiger partial charge in [-0.25, -0.2) is 4.98 Å². The van der Waals surface area contributed by atoms with Gasteiger partial charge in [-0.05, 0) is 56.4 Å². The number of benzene rings is 1. The molecule has 7 heteroatoms. The molecule has 0 spiro atoms. The molecule has 0 fully saturated rings. The van der Waals surface area contributed by atoms with Gasteiger partial charge >= 0.3 is 0 Å². The average Bonchev–Trinajstić information content (AvgIpc) is 3.20. The molecule has 1 atom stereocenters. The fourth-order valence-electron chi connectivity index (χ4n) is 3.39. The van der Waals surface area contributed by atoms with Crippen LogP contribution >= 0.6 is 23.1 Å². The van der Waals surface area contributed by atoms with Crippen molar-refractivity contribution in [1.82, 2.24) is 9.55 Å². The summed E-state index contributed by atoms with van der Waals surface area (Å²) in [4.78, 5) is 32.2. The minimum atomic E-state index is -0.368. The maximum atomic E-state index is 12.9. The van der Waals surface area contributed by atoms with E-state index in [-0.39, 0.29) is 16.7 Å². The number of fused-ring (bicyclic) bond motifs is 3. The van der Waals surface area contributed by atoms with Crippen molar-refractivity contribution in [2.45, 2.75) is 43.5 Å². The Bertz CT molecular complexity index is 1100. The third-order valence-electron chi connectivity index (χ3n) is 4.84. The van der Waals surface area contributed by atoms with Crippen LogP contribution in [-0.2, 0) is 24.7 Å². The lowest BCUT2D eigenvalue weighted by atomic mass is 10.2. The van der Waals surface area contributed by atoms with Gasteiger partial charge in [0.2, 0.25) is 5.91 Å². The predicted molar refractivity (Wildman–Crippen MR) is 112 cm³/mol. The summed E-state index contributed by atoms with van der Waals surface area (Å²) in [5.74, 6) is -0.103. The molecule has 1 aliphatic carbocycles. The molecule has 140 valence electrons. The van der Waals surface area contributed by atoms with Gasteiger partial charge in [-0.3, -0.25) is 14.2 Å². The Morgan fingerprint density at radius 2 is 2.19 bits per heavy atom. The van der Waals surface area contributed by atoms with Crippen LogP contribution in [0.4, 0.5) is 5.69 Å². The number of nitrogens with zero attached hydrogens (tertiary/aromatic N) is 2. The zero-order chi connectivity index (χ0) is 19.1. The molecule has 0 unspecified atom stereocenters. The molecule has 2 heterocycles. The summed E-state index contributed by atoms with van der Waals surface area (Å²) in [6, 6.07) is 7.71. The first-order chi connectivity index (χ1) is 12.9. The number of amides is 1. The molecule has 1 aromatic carbocycles. The molecule has 1 aliphatic rings. The summed E-state index contributed by atoms with van der Waals surface area (Å²) in [5.41, 5.74) is 3.05. The molecule has 1 amide bonds. The number of rotatable bonds is 4. The first kappa shape index (κ1) is 18.3. The predicted octanol–water partition coefficient (Wildman–Crippen LogP) is 3.91.